The number of fused-ring (bicyclic) bond motifs is 4. The van der Waals surface area contributed by atoms with Crippen molar-refractivity contribution < 1.29 is 0 Å². The second-order valence-corrected chi connectivity index (χ2v) is 9.81. The molecule has 0 fully saturated rings. The van der Waals surface area contributed by atoms with Crippen molar-refractivity contribution in [1.29, 1.82) is 0 Å². The Bertz CT molecular complexity index is 1930. The minimum atomic E-state index is 1.24. The van der Waals surface area contributed by atoms with Gasteiger partial charge in [0.15, 0.2) is 0 Å². The quantitative estimate of drug-likeness (QED) is 0.225. The molecule has 0 amide bonds. The molecule has 0 unspecified atom stereocenters. The molecule has 7 aromatic rings. The van der Waals surface area contributed by atoms with E-state index in [1.165, 1.54) is 71.3 Å². The van der Waals surface area contributed by atoms with E-state index < -0.39 is 0 Å². The van der Waals surface area contributed by atoms with Gasteiger partial charge in [0.25, 0.3) is 0 Å². The van der Waals surface area contributed by atoms with Gasteiger partial charge in [0.05, 0.1) is 0 Å². The molecule has 0 nitrogen and oxygen atoms in total. The van der Waals surface area contributed by atoms with Crippen LogP contribution >= 0.6 is 0 Å². The van der Waals surface area contributed by atoms with Gasteiger partial charge in [-0.05, 0) is 96.4 Å². The topological polar surface area (TPSA) is 0 Å². The highest BCUT2D eigenvalue weighted by Gasteiger charge is 2.15. The van der Waals surface area contributed by atoms with E-state index in [-0.39, 0.29) is 0 Å². The van der Waals surface area contributed by atoms with Crippen molar-refractivity contribution >= 4 is 32.3 Å². The number of hydrogen-bond donors (Lipinski definition) is 0. The minimum Gasteiger partial charge on any atom is -0.0622 e. The lowest BCUT2D eigenvalue weighted by atomic mass is 9.86. The number of aryl methyl sites for hydroxylation is 1. The summed E-state index contributed by atoms with van der Waals surface area (Å²) >= 11 is 0. The molecule has 0 aromatic heterocycles. The van der Waals surface area contributed by atoms with Crippen LogP contribution in [0.5, 0.6) is 0 Å². The van der Waals surface area contributed by atoms with Crippen molar-refractivity contribution in [2.45, 2.75) is 6.92 Å². The lowest BCUT2D eigenvalue weighted by molar-refractivity contribution is 1.52. The Balaban J connectivity index is 1.49. The fourth-order valence-corrected chi connectivity index (χ4v) is 5.77. The highest BCUT2D eigenvalue weighted by molar-refractivity contribution is 6.16. The van der Waals surface area contributed by atoms with Gasteiger partial charge in [-0.15, -0.1) is 0 Å². The first-order chi connectivity index (χ1) is 18.3. The van der Waals surface area contributed by atoms with Crippen LogP contribution < -0.4 is 0 Å². The Kier molecular flexibility index (Phi) is 5.11. The third-order valence-corrected chi connectivity index (χ3v) is 7.63. The zero-order valence-electron chi connectivity index (χ0n) is 20.8. The van der Waals surface area contributed by atoms with Crippen molar-refractivity contribution in [3.63, 3.8) is 0 Å². The molecule has 0 aliphatic carbocycles. The van der Waals surface area contributed by atoms with E-state index in [1.807, 2.05) is 0 Å². The maximum Gasteiger partial charge on any atom is -0.00693 e. The third kappa shape index (κ3) is 3.70. The highest BCUT2D eigenvalue weighted by atomic mass is 14.2. The largest absolute Gasteiger partial charge is 0.0622 e. The predicted molar refractivity (Wildman–Crippen MR) is 160 cm³/mol. The average molecular weight is 471 g/mol. The Labute approximate surface area is 217 Å². The molecule has 7 rings (SSSR count). The van der Waals surface area contributed by atoms with Gasteiger partial charge >= 0.3 is 0 Å². The summed E-state index contributed by atoms with van der Waals surface area (Å²) in [7, 11) is 0. The van der Waals surface area contributed by atoms with Crippen molar-refractivity contribution in [2.75, 3.05) is 0 Å². The smallest absolute Gasteiger partial charge is 0.00693 e. The van der Waals surface area contributed by atoms with Crippen molar-refractivity contribution in [3.8, 4) is 33.4 Å². The summed E-state index contributed by atoms with van der Waals surface area (Å²) in [5.41, 5.74) is 8.86. The van der Waals surface area contributed by atoms with Crippen LogP contribution in [0.3, 0.4) is 0 Å². The second-order valence-electron chi connectivity index (χ2n) is 9.81. The number of rotatable bonds is 3. The molecule has 0 heterocycles. The number of hydrogen-bond acceptors (Lipinski definition) is 0. The summed E-state index contributed by atoms with van der Waals surface area (Å²) in [4.78, 5) is 0. The maximum absolute atomic E-state index is 2.38. The summed E-state index contributed by atoms with van der Waals surface area (Å²) in [6.07, 6.45) is 0. The molecular formula is C37H26. The summed E-state index contributed by atoms with van der Waals surface area (Å²) in [5.74, 6) is 0. The lowest BCUT2D eigenvalue weighted by Crippen LogP contribution is -1.92. The van der Waals surface area contributed by atoms with E-state index in [0.717, 1.165) is 0 Å². The Hall–Kier alpha value is -4.68. The van der Waals surface area contributed by atoms with Gasteiger partial charge in [-0.2, -0.15) is 0 Å². The van der Waals surface area contributed by atoms with E-state index in [9.17, 15) is 0 Å². The van der Waals surface area contributed by atoms with Crippen molar-refractivity contribution in [1.82, 2.24) is 0 Å². The molecule has 0 aliphatic rings. The van der Waals surface area contributed by atoms with Gasteiger partial charge in [0.1, 0.15) is 0 Å². The molecule has 37 heavy (non-hydrogen) atoms. The fourth-order valence-electron chi connectivity index (χ4n) is 5.77. The monoisotopic (exact) mass is 470 g/mol. The van der Waals surface area contributed by atoms with E-state index in [4.69, 9.17) is 0 Å². The summed E-state index contributed by atoms with van der Waals surface area (Å²) < 4.78 is 0. The molecule has 174 valence electrons. The summed E-state index contributed by atoms with van der Waals surface area (Å²) in [6.45, 7) is 2.27. The van der Waals surface area contributed by atoms with Crippen LogP contribution in [0.4, 0.5) is 0 Å². The molecule has 0 N–H and O–H groups in total. The molecule has 0 spiro atoms. The molecule has 0 saturated heterocycles. The van der Waals surface area contributed by atoms with Crippen LogP contribution in [0.25, 0.3) is 65.7 Å². The molecule has 7 aromatic carbocycles. The van der Waals surface area contributed by atoms with Crippen LogP contribution in [0.2, 0.25) is 0 Å². The molecule has 0 radical (unpaired) electrons. The van der Waals surface area contributed by atoms with E-state index in [2.05, 4.69) is 146 Å². The maximum atomic E-state index is 2.38. The Morgan fingerprint density at radius 1 is 0.324 bits per heavy atom. The van der Waals surface area contributed by atoms with Gasteiger partial charge in [-0.3, -0.25) is 0 Å². The highest BCUT2D eigenvalue weighted by Crippen LogP contribution is 2.41. The summed E-state index contributed by atoms with van der Waals surface area (Å²) in [5, 5.41) is 7.76. The first-order valence-electron chi connectivity index (χ1n) is 12.9. The second kappa shape index (κ2) is 8.76. The van der Waals surface area contributed by atoms with Gasteiger partial charge in [-0.1, -0.05) is 121 Å². The van der Waals surface area contributed by atoms with Crippen molar-refractivity contribution in [3.05, 3.63) is 145 Å². The Morgan fingerprint density at radius 2 is 0.919 bits per heavy atom. The SMILES string of the molecule is Cc1c(-c2cccc(-c3ccc4ccccc4c3)c2)c2cc(-c3ccccc3)ccc2c2ccccc12. The zero-order chi connectivity index (χ0) is 24.8. The number of benzene rings is 7. The first-order valence-corrected chi connectivity index (χ1v) is 12.9. The van der Waals surface area contributed by atoms with Crippen LogP contribution in [0, 0.1) is 6.92 Å². The van der Waals surface area contributed by atoms with Crippen LogP contribution in [-0.2, 0) is 0 Å². The predicted octanol–water partition coefficient (Wildman–Crippen LogP) is 10.5. The standard InChI is InChI=1S/C37H26/c1-25-33-16-7-8-17-34(33)35-21-20-31(26-10-3-2-4-11-26)24-36(35)37(25)32-15-9-14-29(23-32)30-19-18-27-12-5-6-13-28(27)22-30/h2-24H,1H3. The van der Waals surface area contributed by atoms with Gasteiger partial charge in [0, 0.05) is 0 Å². The van der Waals surface area contributed by atoms with E-state index >= 15 is 0 Å². The molecule has 0 aliphatic heterocycles. The van der Waals surface area contributed by atoms with E-state index in [0.29, 0.717) is 0 Å². The van der Waals surface area contributed by atoms with Gasteiger partial charge < -0.3 is 0 Å². The van der Waals surface area contributed by atoms with E-state index in [1.54, 1.807) is 0 Å². The molecule has 0 heteroatoms. The third-order valence-electron chi connectivity index (χ3n) is 7.63. The normalized spacial score (nSPS) is 11.4. The summed E-state index contributed by atoms with van der Waals surface area (Å²) in [6, 6.07) is 50.8. The molecule has 0 bridgehead atoms. The fraction of sp³-hybridized carbons (Fsp3) is 0.0270. The van der Waals surface area contributed by atoms with Crippen LogP contribution in [0.15, 0.2) is 140 Å². The lowest BCUT2D eigenvalue weighted by Gasteiger charge is -2.17. The minimum absolute atomic E-state index is 1.24. The average Bonchev–Trinajstić information content (AvgIpc) is 2.97. The molecule has 0 atom stereocenters. The van der Waals surface area contributed by atoms with Crippen molar-refractivity contribution in [2.24, 2.45) is 0 Å². The van der Waals surface area contributed by atoms with Gasteiger partial charge in [-0.25, -0.2) is 0 Å². The Morgan fingerprint density at radius 3 is 1.78 bits per heavy atom. The molecule has 0 saturated carbocycles. The van der Waals surface area contributed by atoms with Crippen LogP contribution in [0.1, 0.15) is 5.56 Å². The zero-order valence-corrected chi connectivity index (χ0v) is 20.8. The first kappa shape index (κ1) is 21.6. The van der Waals surface area contributed by atoms with Gasteiger partial charge in [0.2, 0.25) is 0 Å². The molecular weight excluding hydrogens is 444 g/mol. The van der Waals surface area contributed by atoms with Crippen LogP contribution in [-0.4, -0.2) is 0 Å².